The fraction of sp³-hybridized carbons (Fsp3) is 0.500. The third kappa shape index (κ3) is 1.75. The molecule has 0 amide bonds. The molecular formula is C12H16O2. The van der Waals surface area contributed by atoms with Gasteiger partial charge in [-0.25, -0.2) is 0 Å². The maximum absolute atomic E-state index is 9.19. The summed E-state index contributed by atoms with van der Waals surface area (Å²) >= 11 is 0. The first kappa shape index (κ1) is 9.53. The number of hydrogen-bond acceptors (Lipinski definition) is 2. The van der Waals surface area contributed by atoms with Crippen molar-refractivity contribution < 1.29 is 9.84 Å². The van der Waals surface area contributed by atoms with Gasteiger partial charge in [0.25, 0.3) is 0 Å². The summed E-state index contributed by atoms with van der Waals surface area (Å²) in [5, 5.41) is 9.19. The summed E-state index contributed by atoms with van der Waals surface area (Å²) in [4.78, 5) is 0. The molecule has 1 fully saturated rings. The summed E-state index contributed by atoms with van der Waals surface area (Å²) in [6.07, 6.45) is 2.41. The molecule has 0 saturated heterocycles. The number of hydrogen-bond donors (Lipinski definition) is 1. The molecule has 2 heteroatoms. The normalized spacial score (nSPS) is 18.1. The fourth-order valence-electron chi connectivity index (χ4n) is 1.78. The molecule has 14 heavy (non-hydrogen) atoms. The van der Waals surface area contributed by atoms with Crippen molar-refractivity contribution in [1.82, 2.24) is 0 Å². The van der Waals surface area contributed by atoms with E-state index in [0.29, 0.717) is 5.75 Å². The Balaban J connectivity index is 2.10. The van der Waals surface area contributed by atoms with E-state index < -0.39 is 0 Å². The van der Waals surface area contributed by atoms with Crippen LogP contribution in [-0.4, -0.2) is 18.3 Å². The number of benzene rings is 1. The number of phenolic OH excluding ortho intramolecular Hbond substituents is 1. The number of ether oxygens (including phenoxy) is 1. The molecule has 1 aromatic rings. The Morgan fingerprint density at radius 2 is 1.93 bits per heavy atom. The minimum absolute atomic E-state index is 0.254. The van der Waals surface area contributed by atoms with Gasteiger partial charge in [0, 0.05) is 12.0 Å². The van der Waals surface area contributed by atoms with Crippen LogP contribution in [0.4, 0.5) is 0 Å². The second-order valence-electron chi connectivity index (χ2n) is 3.96. The van der Waals surface area contributed by atoms with Gasteiger partial charge in [-0.1, -0.05) is 12.1 Å². The highest BCUT2D eigenvalue weighted by atomic mass is 16.5. The minimum Gasteiger partial charge on any atom is -0.508 e. The Morgan fingerprint density at radius 3 is 2.43 bits per heavy atom. The average Bonchev–Trinajstić information content (AvgIpc) is 2.97. The number of phenols is 1. The lowest BCUT2D eigenvalue weighted by molar-refractivity contribution is 0.125. The lowest BCUT2D eigenvalue weighted by atomic mass is 9.97. The van der Waals surface area contributed by atoms with Crippen molar-refractivity contribution in [3.63, 3.8) is 0 Å². The van der Waals surface area contributed by atoms with Crippen molar-refractivity contribution in [1.29, 1.82) is 0 Å². The molecule has 2 rings (SSSR count). The molecule has 0 bridgehead atoms. The van der Waals surface area contributed by atoms with Crippen molar-refractivity contribution >= 4 is 0 Å². The maximum atomic E-state index is 9.19. The molecule has 0 aromatic heterocycles. The predicted octanol–water partition coefficient (Wildman–Crippen LogP) is 2.46. The highest BCUT2D eigenvalue weighted by molar-refractivity contribution is 5.35. The van der Waals surface area contributed by atoms with Crippen molar-refractivity contribution in [3.05, 3.63) is 29.8 Å². The Bertz CT molecular complexity index is 299. The number of rotatable bonds is 4. The van der Waals surface area contributed by atoms with Crippen LogP contribution in [0.5, 0.6) is 5.75 Å². The van der Waals surface area contributed by atoms with E-state index in [2.05, 4.69) is 0 Å². The minimum atomic E-state index is 0.254. The van der Waals surface area contributed by atoms with Crippen molar-refractivity contribution in [2.45, 2.75) is 25.2 Å². The second-order valence-corrected chi connectivity index (χ2v) is 3.96. The first-order valence-corrected chi connectivity index (χ1v) is 5.14. The topological polar surface area (TPSA) is 29.5 Å². The van der Waals surface area contributed by atoms with Crippen LogP contribution in [0.2, 0.25) is 0 Å². The van der Waals surface area contributed by atoms with E-state index >= 15 is 0 Å². The summed E-state index contributed by atoms with van der Waals surface area (Å²) in [7, 11) is 0. The standard InChI is InChI=1S/C12H16O2/c1-2-14-9-12(7-8-12)10-3-5-11(13)6-4-10/h3-6,13H,2,7-9H2,1H3. The van der Waals surface area contributed by atoms with E-state index in [9.17, 15) is 5.11 Å². The Kier molecular flexibility index (Phi) is 2.46. The first-order chi connectivity index (χ1) is 6.77. The van der Waals surface area contributed by atoms with Gasteiger partial charge in [0.15, 0.2) is 0 Å². The van der Waals surface area contributed by atoms with E-state index in [-0.39, 0.29) is 5.41 Å². The summed E-state index contributed by atoms with van der Waals surface area (Å²) in [6, 6.07) is 7.51. The Hall–Kier alpha value is -1.02. The quantitative estimate of drug-likeness (QED) is 0.794. The van der Waals surface area contributed by atoms with E-state index in [1.54, 1.807) is 12.1 Å². The molecule has 0 heterocycles. The number of aromatic hydroxyl groups is 1. The molecule has 2 nitrogen and oxygen atoms in total. The molecule has 0 unspecified atom stereocenters. The predicted molar refractivity (Wildman–Crippen MR) is 55.5 cm³/mol. The molecule has 0 atom stereocenters. The highest BCUT2D eigenvalue weighted by Gasteiger charge is 2.44. The van der Waals surface area contributed by atoms with Crippen LogP contribution in [0.3, 0.4) is 0 Å². The van der Waals surface area contributed by atoms with E-state index in [0.717, 1.165) is 13.2 Å². The van der Waals surface area contributed by atoms with E-state index in [1.807, 2.05) is 19.1 Å². The largest absolute Gasteiger partial charge is 0.508 e. The highest BCUT2D eigenvalue weighted by Crippen LogP contribution is 2.48. The van der Waals surface area contributed by atoms with Crippen LogP contribution >= 0.6 is 0 Å². The van der Waals surface area contributed by atoms with Crippen LogP contribution in [-0.2, 0) is 10.2 Å². The zero-order valence-corrected chi connectivity index (χ0v) is 8.49. The van der Waals surface area contributed by atoms with Gasteiger partial charge in [-0.05, 0) is 37.5 Å². The summed E-state index contributed by atoms with van der Waals surface area (Å²) in [5.74, 6) is 0.334. The second kappa shape index (κ2) is 3.62. The van der Waals surface area contributed by atoms with Crippen molar-refractivity contribution in [2.75, 3.05) is 13.2 Å². The van der Waals surface area contributed by atoms with Gasteiger partial charge in [-0.2, -0.15) is 0 Å². The van der Waals surface area contributed by atoms with Crippen molar-refractivity contribution in [3.8, 4) is 5.75 Å². The summed E-state index contributed by atoms with van der Waals surface area (Å²) < 4.78 is 5.48. The zero-order chi connectivity index (χ0) is 10.0. The molecule has 0 spiro atoms. The molecule has 1 saturated carbocycles. The maximum Gasteiger partial charge on any atom is 0.115 e. The first-order valence-electron chi connectivity index (χ1n) is 5.14. The van der Waals surface area contributed by atoms with Crippen LogP contribution in [0.1, 0.15) is 25.3 Å². The van der Waals surface area contributed by atoms with Gasteiger partial charge in [0.2, 0.25) is 0 Å². The Morgan fingerprint density at radius 1 is 1.29 bits per heavy atom. The molecule has 1 aromatic carbocycles. The molecule has 1 aliphatic rings. The van der Waals surface area contributed by atoms with Gasteiger partial charge in [-0.3, -0.25) is 0 Å². The SMILES string of the molecule is CCOCC1(c2ccc(O)cc2)CC1. The molecule has 1 aliphatic carbocycles. The van der Waals surface area contributed by atoms with Gasteiger partial charge in [-0.15, -0.1) is 0 Å². The summed E-state index contributed by atoms with van der Waals surface area (Å²) in [5.41, 5.74) is 1.55. The van der Waals surface area contributed by atoms with Crippen molar-refractivity contribution in [2.24, 2.45) is 0 Å². The lowest BCUT2D eigenvalue weighted by Crippen LogP contribution is -2.14. The monoisotopic (exact) mass is 192 g/mol. The molecule has 0 aliphatic heterocycles. The van der Waals surface area contributed by atoms with Crippen LogP contribution in [0, 0.1) is 0 Å². The fourth-order valence-corrected chi connectivity index (χ4v) is 1.78. The van der Waals surface area contributed by atoms with Crippen LogP contribution in [0.25, 0.3) is 0 Å². The van der Waals surface area contributed by atoms with Gasteiger partial charge < -0.3 is 9.84 Å². The zero-order valence-electron chi connectivity index (χ0n) is 8.49. The van der Waals surface area contributed by atoms with Crippen LogP contribution < -0.4 is 0 Å². The van der Waals surface area contributed by atoms with Gasteiger partial charge in [0.1, 0.15) is 5.75 Å². The smallest absolute Gasteiger partial charge is 0.115 e. The lowest BCUT2D eigenvalue weighted by Gasteiger charge is -2.15. The summed E-state index contributed by atoms with van der Waals surface area (Å²) in [6.45, 7) is 3.61. The molecule has 76 valence electrons. The van der Waals surface area contributed by atoms with Gasteiger partial charge in [0.05, 0.1) is 6.61 Å². The Labute approximate surface area is 84.5 Å². The molecular weight excluding hydrogens is 176 g/mol. The van der Waals surface area contributed by atoms with Gasteiger partial charge >= 0.3 is 0 Å². The van der Waals surface area contributed by atoms with Crippen LogP contribution in [0.15, 0.2) is 24.3 Å². The third-order valence-corrected chi connectivity index (χ3v) is 2.92. The third-order valence-electron chi connectivity index (χ3n) is 2.92. The molecule has 0 radical (unpaired) electrons. The van der Waals surface area contributed by atoms with E-state index in [4.69, 9.17) is 4.74 Å². The van der Waals surface area contributed by atoms with E-state index in [1.165, 1.54) is 18.4 Å². The molecule has 1 N–H and O–H groups in total. The average molecular weight is 192 g/mol.